The van der Waals surface area contributed by atoms with Crippen LogP contribution in [-0.2, 0) is 9.47 Å². The zero-order valence-electron chi connectivity index (χ0n) is 9.54. The predicted octanol–water partition coefficient (Wildman–Crippen LogP) is -0.371. The average molecular weight is 220 g/mol. The third-order valence-corrected chi connectivity index (χ3v) is 2.28. The van der Waals surface area contributed by atoms with Crippen LogP contribution in [0.4, 0.5) is 0 Å². The number of ether oxygens (including phenoxy) is 2. The summed E-state index contributed by atoms with van der Waals surface area (Å²) in [5.74, 6) is 0. The van der Waals surface area contributed by atoms with Crippen LogP contribution >= 0.6 is 0 Å². The summed E-state index contributed by atoms with van der Waals surface area (Å²) in [4.78, 5) is 0. The molecule has 3 N–H and O–H groups in total. The molecule has 1 aliphatic rings. The molecule has 0 aromatic heterocycles. The van der Waals surface area contributed by atoms with Crippen LogP contribution in [0.25, 0.3) is 0 Å². The summed E-state index contributed by atoms with van der Waals surface area (Å²) in [6, 6.07) is 0. The van der Waals surface area contributed by atoms with Gasteiger partial charge >= 0.3 is 0 Å². The van der Waals surface area contributed by atoms with E-state index in [1.165, 1.54) is 0 Å². The molecule has 5 nitrogen and oxygen atoms in total. The Balaban J connectivity index is 2.67. The fourth-order valence-corrected chi connectivity index (χ4v) is 1.46. The Morgan fingerprint density at radius 1 is 1.00 bits per heavy atom. The van der Waals surface area contributed by atoms with Crippen LogP contribution in [0.1, 0.15) is 27.7 Å². The van der Waals surface area contributed by atoms with Crippen molar-refractivity contribution in [3.05, 3.63) is 0 Å². The fraction of sp³-hybridized carbons (Fsp3) is 1.00. The molecular formula is C10H20O5. The predicted molar refractivity (Wildman–Crippen MR) is 53.2 cm³/mol. The first-order valence-corrected chi connectivity index (χ1v) is 5.10. The molecule has 5 atom stereocenters. The molecule has 0 radical (unpaired) electrons. The lowest BCUT2D eigenvalue weighted by Gasteiger charge is -2.41. The second kappa shape index (κ2) is 4.35. The number of rotatable bonds is 1. The van der Waals surface area contributed by atoms with E-state index in [0.29, 0.717) is 0 Å². The number of aliphatic hydroxyl groups is 3. The molecule has 0 saturated carbocycles. The molecule has 0 spiro atoms. The first-order chi connectivity index (χ1) is 6.72. The van der Waals surface area contributed by atoms with Crippen LogP contribution < -0.4 is 0 Å². The molecular weight excluding hydrogens is 200 g/mol. The van der Waals surface area contributed by atoms with Gasteiger partial charge in [0, 0.05) is 0 Å². The van der Waals surface area contributed by atoms with E-state index in [1.54, 1.807) is 6.92 Å². The third-order valence-electron chi connectivity index (χ3n) is 2.28. The Bertz CT molecular complexity index is 212. The second-order valence-electron chi connectivity index (χ2n) is 4.91. The van der Waals surface area contributed by atoms with Gasteiger partial charge in [-0.1, -0.05) is 0 Å². The van der Waals surface area contributed by atoms with Crippen molar-refractivity contribution in [1.82, 2.24) is 0 Å². The normalized spacial score (nSPS) is 43.0. The number of hydrogen-bond acceptors (Lipinski definition) is 5. The Morgan fingerprint density at radius 2 is 1.53 bits per heavy atom. The third kappa shape index (κ3) is 3.12. The van der Waals surface area contributed by atoms with E-state index in [2.05, 4.69) is 0 Å². The molecule has 1 aliphatic heterocycles. The van der Waals surface area contributed by atoms with Gasteiger partial charge in [0.05, 0.1) is 11.7 Å². The van der Waals surface area contributed by atoms with Crippen LogP contribution in [0, 0.1) is 0 Å². The van der Waals surface area contributed by atoms with Crippen molar-refractivity contribution in [2.75, 3.05) is 0 Å². The first-order valence-electron chi connectivity index (χ1n) is 5.10. The van der Waals surface area contributed by atoms with Crippen molar-refractivity contribution in [2.45, 2.75) is 64.0 Å². The maximum Gasteiger partial charge on any atom is 0.187 e. The van der Waals surface area contributed by atoms with Gasteiger partial charge in [-0.3, -0.25) is 0 Å². The minimum absolute atomic E-state index is 0.479. The molecule has 0 amide bonds. The van der Waals surface area contributed by atoms with E-state index < -0.39 is 36.3 Å². The summed E-state index contributed by atoms with van der Waals surface area (Å²) in [5.41, 5.74) is -0.479. The highest BCUT2D eigenvalue weighted by atomic mass is 16.7. The van der Waals surface area contributed by atoms with Gasteiger partial charge in [-0.15, -0.1) is 0 Å². The Morgan fingerprint density at radius 3 is 2.00 bits per heavy atom. The van der Waals surface area contributed by atoms with E-state index in [1.807, 2.05) is 20.8 Å². The molecule has 90 valence electrons. The first kappa shape index (κ1) is 12.9. The summed E-state index contributed by atoms with van der Waals surface area (Å²) >= 11 is 0. The van der Waals surface area contributed by atoms with Crippen molar-refractivity contribution >= 4 is 0 Å². The maximum absolute atomic E-state index is 9.63. The molecule has 2 unspecified atom stereocenters. The van der Waals surface area contributed by atoms with Crippen LogP contribution in [0.5, 0.6) is 0 Å². The van der Waals surface area contributed by atoms with Crippen molar-refractivity contribution in [3.63, 3.8) is 0 Å². The molecule has 0 aliphatic carbocycles. The highest BCUT2D eigenvalue weighted by Crippen LogP contribution is 2.25. The van der Waals surface area contributed by atoms with E-state index in [0.717, 1.165) is 0 Å². The zero-order valence-corrected chi connectivity index (χ0v) is 9.54. The molecule has 0 aromatic carbocycles. The minimum atomic E-state index is -1.24. The number of aliphatic hydroxyl groups excluding tert-OH is 3. The van der Waals surface area contributed by atoms with Crippen LogP contribution in [0.2, 0.25) is 0 Å². The highest BCUT2D eigenvalue weighted by Gasteiger charge is 2.43. The van der Waals surface area contributed by atoms with Crippen molar-refractivity contribution in [3.8, 4) is 0 Å². The minimum Gasteiger partial charge on any atom is -0.388 e. The molecule has 1 fully saturated rings. The summed E-state index contributed by atoms with van der Waals surface area (Å²) in [5, 5.41) is 28.6. The van der Waals surface area contributed by atoms with Crippen molar-refractivity contribution in [1.29, 1.82) is 0 Å². The van der Waals surface area contributed by atoms with Crippen LogP contribution in [0.3, 0.4) is 0 Å². The number of hydrogen-bond donors (Lipinski definition) is 3. The quantitative estimate of drug-likeness (QED) is 0.562. The lowest BCUT2D eigenvalue weighted by molar-refractivity contribution is -0.314. The molecule has 0 aromatic rings. The molecule has 5 heteroatoms. The average Bonchev–Trinajstić information content (AvgIpc) is 2.08. The Kier molecular flexibility index (Phi) is 3.73. The van der Waals surface area contributed by atoms with Crippen molar-refractivity contribution in [2.24, 2.45) is 0 Å². The van der Waals surface area contributed by atoms with Gasteiger partial charge in [-0.2, -0.15) is 0 Å². The molecule has 1 heterocycles. The smallest absolute Gasteiger partial charge is 0.187 e. The SMILES string of the molecule is CC1O[C@@H](OC(C)(C)C)C(O)[C@@H](O)[C@H]1O. The van der Waals surface area contributed by atoms with Crippen molar-refractivity contribution < 1.29 is 24.8 Å². The van der Waals surface area contributed by atoms with Gasteiger partial charge in [0.1, 0.15) is 18.3 Å². The van der Waals surface area contributed by atoms with Crippen LogP contribution in [0.15, 0.2) is 0 Å². The summed E-state index contributed by atoms with van der Waals surface area (Å²) in [6.45, 7) is 7.10. The van der Waals surface area contributed by atoms with Gasteiger partial charge in [-0.05, 0) is 27.7 Å². The van der Waals surface area contributed by atoms with E-state index in [9.17, 15) is 15.3 Å². The summed E-state index contributed by atoms with van der Waals surface area (Å²) < 4.78 is 10.7. The molecule has 0 bridgehead atoms. The monoisotopic (exact) mass is 220 g/mol. The zero-order chi connectivity index (χ0) is 11.8. The van der Waals surface area contributed by atoms with Gasteiger partial charge in [0.25, 0.3) is 0 Å². The van der Waals surface area contributed by atoms with E-state index in [-0.39, 0.29) is 0 Å². The standard InChI is InChI=1S/C10H20O5/c1-5-6(11)7(12)8(13)9(14-5)15-10(2,3)4/h5-9,11-13H,1-4H3/t5?,6-,7-,8?,9-/m0/s1. The van der Waals surface area contributed by atoms with E-state index in [4.69, 9.17) is 9.47 Å². The molecule has 1 rings (SSSR count). The lowest BCUT2D eigenvalue weighted by atomic mass is 10.00. The van der Waals surface area contributed by atoms with Gasteiger partial charge in [0.15, 0.2) is 6.29 Å². The highest BCUT2D eigenvalue weighted by molar-refractivity contribution is 4.87. The Labute approximate surface area is 89.6 Å². The van der Waals surface area contributed by atoms with Gasteiger partial charge in [0.2, 0.25) is 0 Å². The topological polar surface area (TPSA) is 79.2 Å². The van der Waals surface area contributed by atoms with Crippen LogP contribution in [-0.4, -0.2) is 51.6 Å². The lowest BCUT2D eigenvalue weighted by Crippen LogP contribution is -2.58. The van der Waals surface area contributed by atoms with Gasteiger partial charge in [-0.25, -0.2) is 0 Å². The van der Waals surface area contributed by atoms with Gasteiger partial charge < -0.3 is 24.8 Å². The molecule has 15 heavy (non-hydrogen) atoms. The van der Waals surface area contributed by atoms with E-state index >= 15 is 0 Å². The maximum atomic E-state index is 9.63. The summed E-state index contributed by atoms with van der Waals surface area (Å²) in [7, 11) is 0. The fourth-order valence-electron chi connectivity index (χ4n) is 1.46. The summed E-state index contributed by atoms with van der Waals surface area (Å²) in [6.07, 6.45) is -5.01. The largest absolute Gasteiger partial charge is 0.388 e. The molecule has 1 saturated heterocycles. The Hall–Kier alpha value is -0.200. The second-order valence-corrected chi connectivity index (χ2v) is 4.91.